The van der Waals surface area contributed by atoms with Crippen LogP contribution in [0.2, 0.25) is 0 Å². The monoisotopic (exact) mass is 159 g/mol. The van der Waals surface area contributed by atoms with Crippen molar-refractivity contribution in [3.63, 3.8) is 0 Å². The predicted molar refractivity (Wildman–Crippen MR) is 47.3 cm³/mol. The summed E-state index contributed by atoms with van der Waals surface area (Å²) in [4.78, 5) is 0. The van der Waals surface area contributed by atoms with Crippen LogP contribution < -0.4 is 5.32 Å². The van der Waals surface area contributed by atoms with Crippen LogP contribution in [0.5, 0.6) is 0 Å². The molecule has 0 fully saturated rings. The standard InChI is InChI=1S/C8H14ClN/c1-8(2)4-7-10-6-3-5-9/h3-5,10H,6-7H2,1-2H3/b5-3+. The Morgan fingerprint density at radius 2 is 2.10 bits per heavy atom. The molecule has 0 aliphatic rings. The van der Waals surface area contributed by atoms with Gasteiger partial charge in [0.15, 0.2) is 0 Å². The van der Waals surface area contributed by atoms with Gasteiger partial charge in [-0.05, 0) is 13.8 Å². The summed E-state index contributed by atoms with van der Waals surface area (Å²) in [5.74, 6) is 0. The summed E-state index contributed by atoms with van der Waals surface area (Å²) in [6.45, 7) is 5.93. The minimum Gasteiger partial charge on any atom is -0.310 e. The van der Waals surface area contributed by atoms with Crippen LogP contribution in [0.3, 0.4) is 0 Å². The van der Waals surface area contributed by atoms with Gasteiger partial charge in [0.2, 0.25) is 0 Å². The zero-order valence-electron chi connectivity index (χ0n) is 6.52. The maximum absolute atomic E-state index is 5.31. The van der Waals surface area contributed by atoms with Crippen molar-refractivity contribution in [1.29, 1.82) is 0 Å². The summed E-state index contributed by atoms with van der Waals surface area (Å²) in [5, 5.41) is 3.17. The largest absolute Gasteiger partial charge is 0.310 e. The summed E-state index contributed by atoms with van der Waals surface area (Å²) >= 11 is 5.31. The predicted octanol–water partition coefficient (Wildman–Crippen LogP) is 2.29. The average Bonchev–Trinajstić information content (AvgIpc) is 1.87. The van der Waals surface area contributed by atoms with Crippen LogP contribution in [0, 0.1) is 0 Å². The van der Waals surface area contributed by atoms with Crippen molar-refractivity contribution in [2.45, 2.75) is 13.8 Å². The molecule has 0 radical (unpaired) electrons. The number of rotatable bonds is 4. The summed E-state index contributed by atoms with van der Waals surface area (Å²) in [6, 6.07) is 0. The molecule has 1 nitrogen and oxygen atoms in total. The molecule has 0 amide bonds. The Balaban J connectivity index is 3.13. The molecule has 0 spiro atoms. The lowest BCUT2D eigenvalue weighted by Gasteiger charge is -1.94. The number of nitrogens with one attached hydrogen (secondary N) is 1. The van der Waals surface area contributed by atoms with E-state index < -0.39 is 0 Å². The molecule has 0 aromatic rings. The van der Waals surface area contributed by atoms with Gasteiger partial charge in [0.1, 0.15) is 0 Å². The van der Waals surface area contributed by atoms with Gasteiger partial charge >= 0.3 is 0 Å². The Kier molecular flexibility index (Phi) is 6.66. The highest BCUT2D eigenvalue weighted by atomic mass is 35.5. The lowest BCUT2D eigenvalue weighted by atomic mass is 10.3. The first-order valence-electron chi connectivity index (χ1n) is 3.36. The van der Waals surface area contributed by atoms with Crippen LogP contribution >= 0.6 is 11.6 Å². The third-order valence-corrected chi connectivity index (χ3v) is 1.18. The van der Waals surface area contributed by atoms with E-state index in [0.717, 1.165) is 13.1 Å². The van der Waals surface area contributed by atoms with Crippen LogP contribution in [-0.4, -0.2) is 13.1 Å². The second kappa shape index (κ2) is 6.84. The molecule has 1 N–H and O–H groups in total. The smallest absolute Gasteiger partial charge is 0.0149 e. The van der Waals surface area contributed by atoms with Crippen molar-refractivity contribution in [3.8, 4) is 0 Å². The lowest BCUT2D eigenvalue weighted by Crippen LogP contribution is -2.12. The molecule has 0 bridgehead atoms. The van der Waals surface area contributed by atoms with E-state index in [0.29, 0.717) is 0 Å². The Labute approximate surface area is 67.8 Å². The normalized spacial score (nSPS) is 10.3. The molecular formula is C8H14ClN. The molecule has 0 unspecified atom stereocenters. The molecule has 0 heterocycles. The second-order valence-corrected chi connectivity index (χ2v) is 2.55. The summed E-state index contributed by atoms with van der Waals surface area (Å²) in [6.07, 6.45) is 4.02. The number of hydrogen-bond acceptors (Lipinski definition) is 1. The van der Waals surface area contributed by atoms with E-state index >= 15 is 0 Å². The molecule has 58 valence electrons. The first-order valence-corrected chi connectivity index (χ1v) is 3.80. The van der Waals surface area contributed by atoms with Gasteiger partial charge in [0.25, 0.3) is 0 Å². The molecule has 0 saturated carbocycles. The van der Waals surface area contributed by atoms with Gasteiger partial charge in [-0.25, -0.2) is 0 Å². The molecule has 0 rings (SSSR count). The Bertz CT molecular complexity index is 123. The first-order chi connectivity index (χ1) is 4.77. The van der Waals surface area contributed by atoms with Crippen molar-refractivity contribution in [2.24, 2.45) is 0 Å². The lowest BCUT2D eigenvalue weighted by molar-refractivity contribution is 0.839. The molecule has 0 aromatic heterocycles. The number of hydrogen-bond donors (Lipinski definition) is 1. The highest BCUT2D eigenvalue weighted by Crippen LogP contribution is 1.84. The van der Waals surface area contributed by atoms with Gasteiger partial charge < -0.3 is 5.32 Å². The van der Waals surface area contributed by atoms with E-state index in [9.17, 15) is 0 Å². The van der Waals surface area contributed by atoms with Gasteiger partial charge in [-0.1, -0.05) is 29.3 Å². The SMILES string of the molecule is CC(C)=CCNC/C=C/Cl. The van der Waals surface area contributed by atoms with Gasteiger partial charge in [-0.3, -0.25) is 0 Å². The summed E-state index contributed by atoms with van der Waals surface area (Å²) < 4.78 is 0. The number of halogens is 1. The topological polar surface area (TPSA) is 12.0 Å². The zero-order chi connectivity index (χ0) is 7.82. The molecule has 2 heteroatoms. The van der Waals surface area contributed by atoms with E-state index in [4.69, 9.17) is 11.6 Å². The fraction of sp³-hybridized carbons (Fsp3) is 0.500. The Morgan fingerprint density at radius 1 is 1.40 bits per heavy atom. The van der Waals surface area contributed by atoms with E-state index in [-0.39, 0.29) is 0 Å². The van der Waals surface area contributed by atoms with Crippen molar-refractivity contribution >= 4 is 11.6 Å². The van der Waals surface area contributed by atoms with Gasteiger partial charge in [-0.15, -0.1) is 0 Å². The maximum Gasteiger partial charge on any atom is 0.0149 e. The highest BCUT2D eigenvalue weighted by molar-refractivity contribution is 6.25. The van der Waals surface area contributed by atoms with Crippen LogP contribution in [0.1, 0.15) is 13.8 Å². The zero-order valence-corrected chi connectivity index (χ0v) is 7.28. The third-order valence-electron chi connectivity index (χ3n) is 1.01. The van der Waals surface area contributed by atoms with Crippen molar-refractivity contribution in [3.05, 3.63) is 23.3 Å². The van der Waals surface area contributed by atoms with E-state index in [1.165, 1.54) is 11.1 Å². The number of allylic oxidation sites excluding steroid dienone is 1. The maximum atomic E-state index is 5.31. The van der Waals surface area contributed by atoms with Gasteiger partial charge in [0.05, 0.1) is 0 Å². The van der Waals surface area contributed by atoms with E-state index in [2.05, 4.69) is 25.2 Å². The van der Waals surface area contributed by atoms with Crippen molar-refractivity contribution in [2.75, 3.05) is 13.1 Å². The van der Waals surface area contributed by atoms with Gasteiger partial charge in [-0.2, -0.15) is 0 Å². The van der Waals surface area contributed by atoms with Crippen LogP contribution in [-0.2, 0) is 0 Å². The molecule has 0 aromatic carbocycles. The van der Waals surface area contributed by atoms with Crippen LogP contribution in [0.25, 0.3) is 0 Å². The van der Waals surface area contributed by atoms with E-state index in [1.54, 1.807) is 0 Å². The molecule has 0 aliphatic heterocycles. The quantitative estimate of drug-likeness (QED) is 0.490. The van der Waals surface area contributed by atoms with E-state index in [1.807, 2.05) is 6.08 Å². The van der Waals surface area contributed by atoms with Crippen molar-refractivity contribution < 1.29 is 0 Å². The minimum absolute atomic E-state index is 0.841. The molecule has 0 aliphatic carbocycles. The first kappa shape index (κ1) is 9.73. The second-order valence-electron chi connectivity index (χ2n) is 2.30. The highest BCUT2D eigenvalue weighted by Gasteiger charge is 1.77. The summed E-state index contributed by atoms with van der Waals surface area (Å²) in [7, 11) is 0. The fourth-order valence-corrected chi connectivity index (χ4v) is 0.577. The molecular weight excluding hydrogens is 146 g/mol. The fourth-order valence-electron chi connectivity index (χ4n) is 0.488. The van der Waals surface area contributed by atoms with Crippen LogP contribution in [0.15, 0.2) is 23.3 Å². The van der Waals surface area contributed by atoms with Crippen LogP contribution in [0.4, 0.5) is 0 Å². The minimum atomic E-state index is 0.841. The molecule has 0 saturated heterocycles. The summed E-state index contributed by atoms with van der Waals surface area (Å²) in [5.41, 5.74) is 2.86. The third kappa shape index (κ3) is 7.73. The average molecular weight is 160 g/mol. The molecule has 10 heavy (non-hydrogen) atoms. The Hall–Kier alpha value is -0.270. The molecule has 0 atom stereocenters. The van der Waals surface area contributed by atoms with Gasteiger partial charge in [0, 0.05) is 18.6 Å². The Morgan fingerprint density at radius 3 is 2.60 bits per heavy atom. The van der Waals surface area contributed by atoms with Crippen molar-refractivity contribution in [1.82, 2.24) is 5.32 Å².